The number of amides is 5. The van der Waals surface area contributed by atoms with Gasteiger partial charge in [-0.15, -0.1) is 0 Å². The minimum Gasteiger partial charge on any atom is -0.335 e. The van der Waals surface area contributed by atoms with Crippen LogP contribution in [0.1, 0.15) is 103 Å². The van der Waals surface area contributed by atoms with Crippen LogP contribution in [0.2, 0.25) is 0 Å². The number of rotatable bonds is 5. The van der Waals surface area contributed by atoms with E-state index in [0.717, 1.165) is 89.9 Å². The van der Waals surface area contributed by atoms with Crippen LogP contribution in [0, 0.1) is 11.3 Å². The lowest BCUT2D eigenvalue weighted by Crippen LogP contribution is -2.71. The Kier molecular flexibility index (Phi) is 7.71. The van der Waals surface area contributed by atoms with E-state index in [1.165, 1.54) is 11.3 Å². The molecule has 0 aromatic carbocycles. The second-order valence-corrected chi connectivity index (χ2v) is 11.4. The minimum absolute atomic E-state index is 0.0727. The molecule has 9 heteroatoms. The number of carbonyl (C=O) groups is 3. The molecule has 1 N–H and O–H groups in total. The van der Waals surface area contributed by atoms with Crippen molar-refractivity contribution in [2.75, 3.05) is 19.6 Å². The van der Waals surface area contributed by atoms with Gasteiger partial charge in [0.1, 0.15) is 0 Å². The number of nitrogens with one attached hydrogen (secondary N) is 1. The number of urea groups is 2. The lowest BCUT2D eigenvalue weighted by Gasteiger charge is -2.47. The Labute approximate surface area is 215 Å². The second kappa shape index (κ2) is 11.0. The maximum Gasteiger partial charge on any atom is 0.330 e. The molecule has 5 aliphatic rings. The third kappa shape index (κ3) is 4.36. The van der Waals surface area contributed by atoms with E-state index in [1.807, 2.05) is 4.90 Å². The lowest BCUT2D eigenvalue weighted by atomic mass is 9.93. The highest BCUT2D eigenvalue weighted by Gasteiger charge is 2.69. The summed E-state index contributed by atoms with van der Waals surface area (Å²) in [5.41, 5.74) is 0. The average molecular weight is 499 g/mol. The Balaban J connectivity index is 1.54. The molecule has 1 spiro atoms. The number of nitrogens with zero attached hydrogens (tertiary/aromatic N) is 5. The van der Waals surface area contributed by atoms with Crippen molar-refractivity contribution in [1.82, 2.24) is 24.9 Å². The summed E-state index contributed by atoms with van der Waals surface area (Å²) in [4.78, 5) is 49.7. The molecular weight excluding hydrogens is 456 g/mol. The van der Waals surface area contributed by atoms with Crippen molar-refractivity contribution >= 4 is 18.0 Å². The Bertz CT molecular complexity index is 871. The maximum absolute atomic E-state index is 14.6. The van der Waals surface area contributed by atoms with Crippen LogP contribution in [0.15, 0.2) is 0 Å². The van der Waals surface area contributed by atoms with Crippen molar-refractivity contribution in [1.29, 1.82) is 5.26 Å². The van der Waals surface area contributed by atoms with E-state index in [2.05, 4.69) is 11.4 Å². The highest BCUT2D eigenvalue weighted by molar-refractivity contribution is 6.08. The normalized spacial score (nSPS) is 29.4. The van der Waals surface area contributed by atoms with Gasteiger partial charge in [0.15, 0.2) is 0 Å². The van der Waals surface area contributed by atoms with Gasteiger partial charge in [-0.05, 0) is 38.5 Å². The monoisotopic (exact) mass is 498 g/mol. The summed E-state index contributed by atoms with van der Waals surface area (Å²) in [5, 5.41) is 12.6. The molecule has 1 atom stereocenters. The van der Waals surface area contributed by atoms with Gasteiger partial charge in [-0.1, -0.05) is 57.8 Å². The van der Waals surface area contributed by atoms with Crippen molar-refractivity contribution in [3.05, 3.63) is 0 Å². The van der Waals surface area contributed by atoms with Crippen LogP contribution in [-0.4, -0.2) is 81.1 Å². The van der Waals surface area contributed by atoms with Gasteiger partial charge in [-0.25, -0.2) is 9.59 Å². The van der Waals surface area contributed by atoms with Crippen LogP contribution in [-0.2, 0) is 4.79 Å². The fraction of sp³-hybridized carbons (Fsp3) is 0.852. The number of imide groups is 1. The third-order valence-corrected chi connectivity index (χ3v) is 9.22. The first-order chi connectivity index (χ1) is 17.6. The van der Waals surface area contributed by atoms with Crippen LogP contribution < -0.4 is 5.32 Å². The van der Waals surface area contributed by atoms with Crippen molar-refractivity contribution in [2.24, 2.45) is 0 Å². The molecular formula is C27H42N6O3. The van der Waals surface area contributed by atoms with E-state index >= 15 is 0 Å². The van der Waals surface area contributed by atoms with Gasteiger partial charge >= 0.3 is 12.1 Å². The zero-order chi connectivity index (χ0) is 25.1. The first-order valence-corrected chi connectivity index (χ1v) is 14.5. The predicted octanol–water partition coefficient (Wildman–Crippen LogP) is 4.14. The molecule has 1 unspecified atom stereocenters. The van der Waals surface area contributed by atoms with E-state index in [4.69, 9.17) is 0 Å². The fourth-order valence-corrected chi connectivity index (χ4v) is 7.44. The van der Waals surface area contributed by atoms with Crippen LogP contribution in [0.25, 0.3) is 0 Å². The SMILES string of the molecule is N#CCCN1CCN(C(=O)NC2CCCCC2)C12C(=O)N(C1CCCCC1)C(=O)N2C1CCCCC1. The molecule has 198 valence electrons. The van der Waals surface area contributed by atoms with Crippen LogP contribution in [0.3, 0.4) is 0 Å². The molecule has 0 bridgehead atoms. The summed E-state index contributed by atoms with van der Waals surface area (Å²) in [6, 6.07) is 1.68. The highest BCUT2D eigenvalue weighted by Crippen LogP contribution is 2.45. The van der Waals surface area contributed by atoms with Gasteiger partial charge in [-0.3, -0.25) is 24.4 Å². The van der Waals surface area contributed by atoms with E-state index in [1.54, 1.807) is 9.80 Å². The minimum atomic E-state index is -1.45. The summed E-state index contributed by atoms with van der Waals surface area (Å²) in [6.45, 7) is 1.23. The van der Waals surface area contributed by atoms with Gasteiger partial charge < -0.3 is 5.32 Å². The molecule has 3 aliphatic carbocycles. The molecule has 3 saturated carbocycles. The predicted molar refractivity (Wildman–Crippen MR) is 134 cm³/mol. The van der Waals surface area contributed by atoms with E-state index in [0.29, 0.717) is 19.6 Å². The van der Waals surface area contributed by atoms with Crippen LogP contribution in [0.4, 0.5) is 9.59 Å². The molecule has 2 saturated heterocycles. The molecule has 0 aromatic heterocycles. The maximum atomic E-state index is 14.6. The number of carbonyl (C=O) groups excluding carboxylic acids is 3. The zero-order valence-corrected chi connectivity index (χ0v) is 21.6. The summed E-state index contributed by atoms with van der Waals surface area (Å²) >= 11 is 0. The van der Waals surface area contributed by atoms with Gasteiger partial charge in [0.05, 0.1) is 6.07 Å². The van der Waals surface area contributed by atoms with Gasteiger partial charge in [0.25, 0.3) is 11.7 Å². The van der Waals surface area contributed by atoms with Crippen molar-refractivity contribution < 1.29 is 14.4 Å². The number of hydrogen-bond donors (Lipinski definition) is 1. The van der Waals surface area contributed by atoms with Crippen LogP contribution in [0.5, 0.6) is 0 Å². The summed E-state index contributed by atoms with van der Waals surface area (Å²) < 4.78 is 0. The molecule has 9 nitrogen and oxygen atoms in total. The first-order valence-electron chi connectivity index (χ1n) is 14.5. The van der Waals surface area contributed by atoms with E-state index in [-0.39, 0.29) is 42.5 Å². The quantitative estimate of drug-likeness (QED) is 0.574. The fourth-order valence-electron chi connectivity index (χ4n) is 7.44. The van der Waals surface area contributed by atoms with Crippen molar-refractivity contribution in [3.8, 4) is 6.07 Å². The van der Waals surface area contributed by atoms with Crippen LogP contribution >= 0.6 is 0 Å². The molecule has 36 heavy (non-hydrogen) atoms. The Morgan fingerprint density at radius 1 is 0.861 bits per heavy atom. The molecule has 0 aromatic rings. The molecule has 5 fully saturated rings. The topological polar surface area (TPSA) is 100.0 Å². The molecule has 5 rings (SSSR count). The number of hydrogen-bond acceptors (Lipinski definition) is 5. The summed E-state index contributed by atoms with van der Waals surface area (Å²) in [5.74, 6) is -1.72. The summed E-state index contributed by atoms with van der Waals surface area (Å²) in [7, 11) is 0. The van der Waals surface area contributed by atoms with Gasteiger partial charge in [-0.2, -0.15) is 5.26 Å². The Morgan fingerprint density at radius 2 is 1.44 bits per heavy atom. The smallest absolute Gasteiger partial charge is 0.330 e. The Hall–Kier alpha value is -2.34. The standard InChI is InChI=1S/C27H42N6O3/c28-17-10-18-30-19-20-31(25(35)29-21-11-4-1-5-12-21)27(30)24(34)32(22-13-6-2-7-14-22)26(36)33(27)23-15-8-3-9-16-23/h21-23H,1-16,18-20H2,(H,29,35). The molecule has 5 amide bonds. The Morgan fingerprint density at radius 3 is 2.06 bits per heavy atom. The van der Waals surface area contributed by atoms with E-state index < -0.39 is 5.79 Å². The average Bonchev–Trinajstić information content (AvgIpc) is 3.39. The largest absolute Gasteiger partial charge is 0.335 e. The molecule has 0 radical (unpaired) electrons. The third-order valence-electron chi connectivity index (χ3n) is 9.22. The van der Waals surface area contributed by atoms with Crippen molar-refractivity contribution in [3.63, 3.8) is 0 Å². The lowest BCUT2D eigenvalue weighted by molar-refractivity contribution is -0.156. The molecule has 2 aliphatic heterocycles. The first kappa shape index (κ1) is 25.3. The number of nitriles is 1. The summed E-state index contributed by atoms with van der Waals surface area (Å²) in [6.07, 6.45) is 15.3. The highest BCUT2D eigenvalue weighted by atomic mass is 16.2. The zero-order valence-electron chi connectivity index (χ0n) is 21.6. The van der Waals surface area contributed by atoms with Gasteiger partial charge in [0.2, 0.25) is 0 Å². The van der Waals surface area contributed by atoms with E-state index in [9.17, 15) is 19.6 Å². The second-order valence-electron chi connectivity index (χ2n) is 11.4. The van der Waals surface area contributed by atoms with Gasteiger partial charge in [0, 0.05) is 44.2 Å². The van der Waals surface area contributed by atoms with Crippen molar-refractivity contribution in [2.45, 2.75) is 127 Å². The molecule has 2 heterocycles.